The first kappa shape index (κ1) is 18.4. The van der Waals surface area contributed by atoms with E-state index in [1.54, 1.807) is 30.3 Å². The maximum absolute atomic E-state index is 12.5. The van der Waals surface area contributed by atoms with Crippen LogP contribution in [0, 0.1) is 13.8 Å². The summed E-state index contributed by atoms with van der Waals surface area (Å²) in [7, 11) is 3.88. The lowest BCUT2D eigenvalue weighted by atomic mass is 10.1. The van der Waals surface area contributed by atoms with Gasteiger partial charge < -0.3 is 15.0 Å². The molecule has 0 atom stereocenters. The quantitative estimate of drug-likeness (QED) is 0.737. The Bertz CT molecular complexity index is 932. The van der Waals surface area contributed by atoms with Crippen molar-refractivity contribution in [3.8, 4) is 11.8 Å². The first-order chi connectivity index (χ1) is 12.9. The van der Waals surface area contributed by atoms with Gasteiger partial charge in [-0.25, -0.2) is 9.97 Å². The fourth-order valence-electron chi connectivity index (χ4n) is 2.58. The Kier molecular flexibility index (Phi) is 5.35. The summed E-state index contributed by atoms with van der Waals surface area (Å²) in [5.41, 5.74) is 3.96. The fraction of sp³-hybridized carbons (Fsp3) is 0.190. The third-order valence-corrected chi connectivity index (χ3v) is 3.91. The number of amides is 1. The number of carbonyl (C=O) groups excluding carboxylic acids is 1. The number of hydrogen-bond acceptors (Lipinski definition) is 5. The van der Waals surface area contributed by atoms with Gasteiger partial charge in [0.25, 0.3) is 5.91 Å². The van der Waals surface area contributed by atoms with Crippen LogP contribution in [0.1, 0.15) is 21.7 Å². The Balaban J connectivity index is 1.68. The Hall–Kier alpha value is -3.41. The number of rotatable bonds is 5. The smallest absolute Gasteiger partial charge is 0.322 e. The van der Waals surface area contributed by atoms with E-state index in [-0.39, 0.29) is 5.91 Å². The minimum Gasteiger partial charge on any atom is -0.424 e. The van der Waals surface area contributed by atoms with Crippen molar-refractivity contribution in [2.45, 2.75) is 13.8 Å². The maximum atomic E-state index is 12.5. The molecular weight excluding hydrogens is 340 g/mol. The maximum Gasteiger partial charge on any atom is 0.322 e. The molecule has 1 N–H and O–H groups in total. The van der Waals surface area contributed by atoms with Gasteiger partial charge in [-0.05, 0) is 62.4 Å². The number of ether oxygens (including phenoxy) is 1. The number of nitrogens with zero attached hydrogens (tertiary/aromatic N) is 3. The van der Waals surface area contributed by atoms with Gasteiger partial charge in [0.05, 0.1) is 0 Å². The second-order valence-electron chi connectivity index (χ2n) is 6.46. The molecule has 0 aliphatic carbocycles. The number of aryl methyl sites for hydroxylation is 2. The molecule has 0 bridgehead atoms. The number of aromatic nitrogens is 2. The van der Waals surface area contributed by atoms with E-state index in [0.29, 0.717) is 23.0 Å². The highest BCUT2D eigenvalue weighted by molar-refractivity contribution is 6.04. The molecule has 0 aliphatic heterocycles. The summed E-state index contributed by atoms with van der Waals surface area (Å²) in [6, 6.07) is 16.8. The highest BCUT2D eigenvalue weighted by Gasteiger charge is 2.08. The van der Waals surface area contributed by atoms with Crippen molar-refractivity contribution in [3.05, 3.63) is 71.5 Å². The summed E-state index contributed by atoms with van der Waals surface area (Å²) in [6.45, 7) is 3.79. The molecule has 6 nitrogen and oxygen atoms in total. The molecule has 1 heterocycles. The molecular formula is C21H22N4O2. The number of nitrogens with one attached hydrogen (secondary N) is 1. The molecule has 6 heteroatoms. The molecule has 1 amide bonds. The van der Waals surface area contributed by atoms with Gasteiger partial charge in [-0.1, -0.05) is 6.07 Å². The number of anilines is 2. The van der Waals surface area contributed by atoms with Crippen molar-refractivity contribution in [3.63, 3.8) is 0 Å². The van der Waals surface area contributed by atoms with E-state index in [4.69, 9.17) is 4.74 Å². The van der Waals surface area contributed by atoms with Gasteiger partial charge in [-0.3, -0.25) is 4.79 Å². The molecule has 0 radical (unpaired) electrons. The highest BCUT2D eigenvalue weighted by atomic mass is 16.5. The van der Waals surface area contributed by atoms with Gasteiger partial charge in [0.1, 0.15) is 5.75 Å². The van der Waals surface area contributed by atoms with Crippen molar-refractivity contribution in [2.24, 2.45) is 0 Å². The van der Waals surface area contributed by atoms with Gasteiger partial charge in [0, 0.05) is 42.4 Å². The summed E-state index contributed by atoms with van der Waals surface area (Å²) in [5, 5.41) is 2.89. The summed E-state index contributed by atoms with van der Waals surface area (Å²) in [4.78, 5) is 22.9. The van der Waals surface area contributed by atoms with Crippen LogP contribution < -0.4 is 15.0 Å². The molecule has 1 aromatic heterocycles. The monoisotopic (exact) mass is 362 g/mol. The van der Waals surface area contributed by atoms with Gasteiger partial charge in [0.15, 0.2) is 0 Å². The van der Waals surface area contributed by atoms with E-state index >= 15 is 0 Å². The molecule has 2 aromatic carbocycles. The van der Waals surface area contributed by atoms with Crippen LogP contribution in [0.2, 0.25) is 0 Å². The van der Waals surface area contributed by atoms with Crippen molar-refractivity contribution < 1.29 is 9.53 Å². The predicted molar refractivity (Wildman–Crippen MR) is 107 cm³/mol. The van der Waals surface area contributed by atoms with Gasteiger partial charge >= 0.3 is 6.01 Å². The van der Waals surface area contributed by atoms with Crippen LogP contribution in [0.3, 0.4) is 0 Å². The normalized spacial score (nSPS) is 10.4. The molecule has 138 valence electrons. The van der Waals surface area contributed by atoms with E-state index in [1.165, 1.54) is 0 Å². The first-order valence-electron chi connectivity index (χ1n) is 8.59. The van der Waals surface area contributed by atoms with Gasteiger partial charge in [0.2, 0.25) is 0 Å². The zero-order valence-corrected chi connectivity index (χ0v) is 15.9. The minimum atomic E-state index is -0.162. The third kappa shape index (κ3) is 4.82. The summed E-state index contributed by atoms with van der Waals surface area (Å²) < 4.78 is 5.69. The van der Waals surface area contributed by atoms with Crippen molar-refractivity contribution in [1.29, 1.82) is 0 Å². The summed E-state index contributed by atoms with van der Waals surface area (Å²) in [5.74, 6) is 0.442. The van der Waals surface area contributed by atoms with E-state index in [0.717, 1.165) is 17.1 Å². The fourth-order valence-corrected chi connectivity index (χ4v) is 2.58. The van der Waals surface area contributed by atoms with E-state index in [1.807, 2.05) is 57.1 Å². The average molecular weight is 362 g/mol. The Morgan fingerprint density at radius 1 is 0.963 bits per heavy atom. The lowest BCUT2D eigenvalue weighted by Crippen LogP contribution is -2.14. The minimum absolute atomic E-state index is 0.162. The molecule has 0 aliphatic rings. The molecule has 0 unspecified atom stereocenters. The SMILES string of the molecule is Cc1cc(C)nc(Oc2ccc(NC(=O)c3cccc(N(C)C)c3)cc2)n1. The molecule has 0 saturated carbocycles. The second kappa shape index (κ2) is 7.86. The Morgan fingerprint density at radius 3 is 2.26 bits per heavy atom. The average Bonchev–Trinajstić information content (AvgIpc) is 2.62. The standard InChI is InChI=1S/C21H22N4O2/c1-14-12-15(2)23-21(22-14)27-19-10-8-17(9-11-19)24-20(26)16-6-5-7-18(13-16)25(3)4/h5-13H,1-4H3,(H,24,26). The second-order valence-corrected chi connectivity index (χ2v) is 6.46. The highest BCUT2D eigenvalue weighted by Crippen LogP contribution is 2.22. The van der Waals surface area contributed by atoms with Crippen LogP contribution in [-0.4, -0.2) is 30.0 Å². The molecule has 0 spiro atoms. The van der Waals surface area contributed by atoms with E-state index < -0.39 is 0 Å². The first-order valence-corrected chi connectivity index (χ1v) is 8.59. The van der Waals surface area contributed by atoms with E-state index in [9.17, 15) is 4.79 Å². The van der Waals surface area contributed by atoms with Gasteiger partial charge in [-0.2, -0.15) is 0 Å². The molecule has 0 fully saturated rings. The van der Waals surface area contributed by atoms with Crippen LogP contribution in [0.5, 0.6) is 11.8 Å². The number of benzene rings is 2. The number of hydrogen-bond donors (Lipinski definition) is 1. The summed E-state index contributed by atoms with van der Waals surface area (Å²) in [6.07, 6.45) is 0. The molecule has 27 heavy (non-hydrogen) atoms. The third-order valence-electron chi connectivity index (χ3n) is 3.91. The van der Waals surface area contributed by atoms with E-state index in [2.05, 4.69) is 15.3 Å². The van der Waals surface area contributed by atoms with Crippen molar-refractivity contribution in [2.75, 3.05) is 24.3 Å². The predicted octanol–water partition coefficient (Wildman–Crippen LogP) is 4.20. The summed E-state index contributed by atoms with van der Waals surface area (Å²) >= 11 is 0. The topological polar surface area (TPSA) is 67.3 Å². The molecule has 0 saturated heterocycles. The Labute approximate surface area is 158 Å². The van der Waals surface area contributed by atoms with Crippen molar-refractivity contribution in [1.82, 2.24) is 9.97 Å². The lowest BCUT2D eigenvalue weighted by molar-refractivity contribution is 0.102. The van der Waals surface area contributed by atoms with Crippen LogP contribution >= 0.6 is 0 Å². The van der Waals surface area contributed by atoms with Crippen molar-refractivity contribution >= 4 is 17.3 Å². The van der Waals surface area contributed by atoms with Crippen LogP contribution in [0.4, 0.5) is 11.4 Å². The van der Waals surface area contributed by atoms with Crippen LogP contribution in [-0.2, 0) is 0 Å². The number of carbonyl (C=O) groups is 1. The largest absolute Gasteiger partial charge is 0.424 e. The van der Waals surface area contributed by atoms with Crippen LogP contribution in [0.25, 0.3) is 0 Å². The zero-order chi connectivity index (χ0) is 19.4. The molecule has 3 aromatic rings. The Morgan fingerprint density at radius 2 is 1.63 bits per heavy atom. The molecule has 3 rings (SSSR count). The van der Waals surface area contributed by atoms with Gasteiger partial charge in [-0.15, -0.1) is 0 Å². The zero-order valence-electron chi connectivity index (χ0n) is 15.9. The van der Waals surface area contributed by atoms with Crippen LogP contribution in [0.15, 0.2) is 54.6 Å². The lowest BCUT2D eigenvalue weighted by Gasteiger charge is -2.13.